The van der Waals surface area contributed by atoms with Crippen LogP contribution in [0.25, 0.3) is 0 Å². The molecule has 0 radical (unpaired) electrons. The Morgan fingerprint density at radius 1 is 1.10 bits per heavy atom. The molecule has 2 aromatic rings. The van der Waals surface area contributed by atoms with Crippen molar-refractivity contribution in [3.05, 3.63) is 54.1 Å². The minimum atomic E-state index is -0.0134. The SMILES string of the molecule is CCC(=O)Nc1ccc(Nc2ccccc2C#N)cc1. The quantitative estimate of drug-likeness (QED) is 0.886. The Morgan fingerprint density at radius 2 is 1.75 bits per heavy atom. The molecular formula is C16H15N3O. The third kappa shape index (κ3) is 3.36. The summed E-state index contributed by atoms with van der Waals surface area (Å²) >= 11 is 0. The number of rotatable bonds is 4. The predicted octanol–water partition coefficient (Wildman–Crippen LogP) is 3.65. The van der Waals surface area contributed by atoms with Crippen LogP contribution in [0.15, 0.2) is 48.5 Å². The molecular weight excluding hydrogens is 250 g/mol. The van der Waals surface area contributed by atoms with Gasteiger partial charge >= 0.3 is 0 Å². The fourth-order valence-electron chi connectivity index (χ4n) is 1.73. The monoisotopic (exact) mass is 265 g/mol. The van der Waals surface area contributed by atoms with Crippen LogP contribution in [0.1, 0.15) is 18.9 Å². The van der Waals surface area contributed by atoms with Crippen molar-refractivity contribution in [2.24, 2.45) is 0 Å². The second-order valence-corrected chi connectivity index (χ2v) is 4.26. The van der Waals surface area contributed by atoms with Gasteiger partial charge in [-0.2, -0.15) is 5.26 Å². The summed E-state index contributed by atoms with van der Waals surface area (Å²) in [5, 5.41) is 15.0. The minimum absolute atomic E-state index is 0.0134. The van der Waals surface area contributed by atoms with Crippen LogP contribution in [0.2, 0.25) is 0 Å². The van der Waals surface area contributed by atoms with Crippen molar-refractivity contribution in [1.82, 2.24) is 0 Å². The van der Waals surface area contributed by atoms with Gasteiger partial charge in [-0.15, -0.1) is 0 Å². The molecule has 0 saturated carbocycles. The van der Waals surface area contributed by atoms with Crippen molar-refractivity contribution in [2.75, 3.05) is 10.6 Å². The first-order chi connectivity index (χ1) is 9.72. The second kappa shape index (κ2) is 6.39. The van der Waals surface area contributed by atoms with Crippen LogP contribution in [0.4, 0.5) is 17.1 Å². The molecule has 0 aliphatic rings. The average Bonchev–Trinajstić information content (AvgIpc) is 2.49. The Kier molecular flexibility index (Phi) is 4.35. The van der Waals surface area contributed by atoms with Gasteiger partial charge in [-0.1, -0.05) is 19.1 Å². The molecule has 100 valence electrons. The number of carbonyl (C=O) groups excluding carboxylic acids is 1. The van der Waals surface area contributed by atoms with Crippen LogP contribution >= 0.6 is 0 Å². The maximum Gasteiger partial charge on any atom is 0.224 e. The summed E-state index contributed by atoms with van der Waals surface area (Å²) in [5.41, 5.74) is 2.98. The summed E-state index contributed by atoms with van der Waals surface area (Å²) in [4.78, 5) is 11.3. The van der Waals surface area contributed by atoms with Gasteiger partial charge in [0.2, 0.25) is 5.91 Å². The standard InChI is InChI=1S/C16H15N3O/c1-2-16(20)19-14-9-7-13(8-10-14)18-15-6-4-3-5-12(15)11-17/h3-10,18H,2H2,1H3,(H,19,20). The van der Waals surface area contributed by atoms with E-state index in [-0.39, 0.29) is 5.91 Å². The number of para-hydroxylation sites is 1. The van der Waals surface area contributed by atoms with E-state index >= 15 is 0 Å². The first kappa shape index (κ1) is 13.6. The molecule has 0 aliphatic heterocycles. The summed E-state index contributed by atoms with van der Waals surface area (Å²) in [5.74, 6) is -0.0134. The Balaban J connectivity index is 2.11. The van der Waals surface area contributed by atoms with Gasteiger partial charge in [0.1, 0.15) is 6.07 Å². The molecule has 1 amide bonds. The van der Waals surface area contributed by atoms with Gasteiger partial charge in [0.15, 0.2) is 0 Å². The molecule has 0 saturated heterocycles. The highest BCUT2D eigenvalue weighted by molar-refractivity contribution is 5.90. The molecule has 2 N–H and O–H groups in total. The molecule has 20 heavy (non-hydrogen) atoms. The van der Waals surface area contributed by atoms with Crippen LogP contribution in [0.3, 0.4) is 0 Å². The Labute approximate surface area is 118 Å². The van der Waals surface area contributed by atoms with Crippen molar-refractivity contribution in [3.8, 4) is 6.07 Å². The predicted molar refractivity (Wildman–Crippen MR) is 79.8 cm³/mol. The van der Waals surface area contributed by atoms with Gasteiger partial charge in [-0.3, -0.25) is 4.79 Å². The largest absolute Gasteiger partial charge is 0.354 e. The zero-order valence-electron chi connectivity index (χ0n) is 11.2. The smallest absolute Gasteiger partial charge is 0.224 e. The third-order valence-corrected chi connectivity index (χ3v) is 2.82. The van der Waals surface area contributed by atoms with Crippen molar-refractivity contribution >= 4 is 23.0 Å². The number of hydrogen-bond donors (Lipinski definition) is 2. The van der Waals surface area contributed by atoms with E-state index in [1.165, 1.54) is 0 Å². The number of benzene rings is 2. The van der Waals surface area contributed by atoms with E-state index in [1.807, 2.05) is 49.4 Å². The summed E-state index contributed by atoms with van der Waals surface area (Å²) in [6.45, 7) is 1.81. The highest BCUT2D eigenvalue weighted by Gasteiger charge is 2.02. The van der Waals surface area contributed by atoms with Gasteiger partial charge in [0, 0.05) is 17.8 Å². The zero-order valence-corrected chi connectivity index (χ0v) is 11.2. The van der Waals surface area contributed by atoms with Crippen molar-refractivity contribution in [2.45, 2.75) is 13.3 Å². The highest BCUT2D eigenvalue weighted by atomic mass is 16.1. The lowest BCUT2D eigenvalue weighted by Gasteiger charge is -2.09. The Morgan fingerprint density at radius 3 is 2.40 bits per heavy atom. The second-order valence-electron chi connectivity index (χ2n) is 4.26. The van der Waals surface area contributed by atoms with Crippen LogP contribution in [0, 0.1) is 11.3 Å². The molecule has 4 nitrogen and oxygen atoms in total. The molecule has 0 aromatic heterocycles. The van der Waals surface area contributed by atoms with Crippen LogP contribution < -0.4 is 10.6 Å². The van der Waals surface area contributed by atoms with Gasteiger partial charge in [-0.05, 0) is 36.4 Å². The number of hydrogen-bond acceptors (Lipinski definition) is 3. The summed E-state index contributed by atoms with van der Waals surface area (Å²) in [6.07, 6.45) is 0.454. The van der Waals surface area contributed by atoms with Crippen molar-refractivity contribution in [3.63, 3.8) is 0 Å². The minimum Gasteiger partial charge on any atom is -0.354 e. The van der Waals surface area contributed by atoms with Crippen LogP contribution in [-0.2, 0) is 4.79 Å². The Bertz CT molecular complexity index is 642. The van der Waals surface area contributed by atoms with E-state index in [0.717, 1.165) is 17.1 Å². The maximum absolute atomic E-state index is 11.3. The number of amides is 1. The van der Waals surface area contributed by atoms with E-state index in [9.17, 15) is 4.79 Å². The van der Waals surface area contributed by atoms with Gasteiger partial charge < -0.3 is 10.6 Å². The van der Waals surface area contributed by atoms with E-state index in [0.29, 0.717) is 12.0 Å². The summed E-state index contributed by atoms with van der Waals surface area (Å²) in [7, 11) is 0. The lowest BCUT2D eigenvalue weighted by Crippen LogP contribution is -2.09. The Hall–Kier alpha value is -2.80. The van der Waals surface area contributed by atoms with Gasteiger partial charge in [-0.25, -0.2) is 0 Å². The number of nitrogens with zero attached hydrogens (tertiary/aromatic N) is 1. The normalized spacial score (nSPS) is 9.60. The molecule has 4 heteroatoms. The summed E-state index contributed by atoms with van der Waals surface area (Å²) in [6, 6.07) is 16.8. The maximum atomic E-state index is 11.3. The van der Waals surface area contributed by atoms with E-state index < -0.39 is 0 Å². The number of anilines is 3. The fourth-order valence-corrected chi connectivity index (χ4v) is 1.73. The number of nitrogens with one attached hydrogen (secondary N) is 2. The summed E-state index contributed by atoms with van der Waals surface area (Å²) < 4.78 is 0. The molecule has 2 aromatic carbocycles. The molecule has 0 atom stereocenters. The molecule has 0 spiro atoms. The molecule has 2 rings (SSSR count). The van der Waals surface area contributed by atoms with Crippen LogP contribution in [0.5, 0.6) is 0 Å². The van der Waals surface area contributed by atoms with Crippen LogP contribution in [-0.4, -0.2) is 5.91 Å². The molecule has 0 fully saturated rings. The van der Waals surface area contributed by atoms with E-state index in [4.69, 9.17) is 5.26 Å². The number of nitriles is 1. The van der Waals surface area contributed by atoms with Crippen molar-refractivity contribution in [1.29, 1.82) is 5.26 Å². The molecule has 0 unspecified atom stereocenters. The first-order valence-corrected chi connectivity index (χ1v) is 6.39. The van der Waals surface area contributed by atoms with Gasteiger partial charge in [0.05, 0.1) is 11.3 Å². The zero-order chi connectivity index (χ0) is 14.4. The van der Waals surface area contributed by atoms with Gasteiger partial charge in [0.25, 0.3) is 0 Å². The van der Waals surface area contributed by atoms with E-state index in [1.54, 1.807) is 6.07 Å². The third-order valence-electron chi connectivity index (χ3n) is 2.82. The number of carbonyl (C=O) groups is 1. The molecule has 0 bridgehead atoms. The van der Waals surface area contributed by atoms with E-state index in [2.05, 4.69) is 16.7 Å². The lowest BCUT2D eigenvalue weighted by atomic mass is 10.2. The molecule has 0 heterocycles. The highest BCUT2D eigenvalue weighted by Crippen LogP contribution is 2.21. The first-order valence-electron chi connectivity index (χ1n) is 6.39. The van der Waals surface area contributed by atoms with Crippen molar-refractivity contribution < 1.29 is 4.79 Å². The topological polar surface area (TPSA) is 64.9 Å². The fraction of sp³-hybridized carbons (Fsp3) is 0.125. The molecule has 0 aliphatic carbocycles. The lowest BCUT2D eigenvalue weighted by molar-refractivity contribution is -0.115. The average molecular weight is 265 g/mol.